The number of fused-ring (bicyclic) bond motifs is 2. The minimum Gasteiger partial charge on any atom is -0.378 e. The fraction of sp³-hybridized carbons (Fsp3) is 0.167. The highest BCUT2D eigenvalue weighted by Gasteiger charge is 2.16. The van der Waals surface area contributed by atoms with Crippen LogP contribution < -0.4 is 10.2 Å². The lowest BCUT2D eigenvalue weighted by atomic mass is 10.1. The monoisotopic (exact) mass is 436 g/mol. The molecule has 0 amide bonds. The summed E-state index contributed by atoms with van der Waals surface area (Å²) in [5.74, 6) is 0.616. The summed E-state index contributed by atoms with van der Waals surface area (Å²) < 4.78 is 7.38. The summed E-state index contributed by atoms with van der Waals surface area (Å²) in [6.45, 7) is 2.90. The van der Waals surface area contributed by atoms with Crippen molar-refractivity contribution in [3.8, 4) is 17.3 Å². The predicted molar refractivity (Wildman–Crippen MR) is 126 cm³/mol. The number of nitrogens with zero attached hydrogens (tertiary/aromatic N) is 6. The highest BCUT2D eigenvalue weighted by atomic mass is 16.5. The molecule has 2 N–H and O–H groups in total. The molecule has 3 aromatic heterocycles. The molecule has 33 heavy (non-hydrogen) atoms. The van der Waals surface area contributed by atoms with Crippen LogP contribution in [0.5, 0.6) is 0 Å². The Labute approximate surface area is 189 Å². The molecule has 9 heteroatoms. The lowest BCUT2D eigenvalue weighted by molar-refractivity contribution is 0.122. The van der Waals surface area contributed by atoms with Crippen molar-refractivity contribution in [2.75, 3.05) is 36.5 Å². The first-order valence-electron chi connectivity index (χ1n) is 10.7. The molecule has 0 spiro atoms. The van der Waals surface area contributed by atoms with Gasteiger partial charge in [-0.3, -0.25) is 5.10 Å². The molecule has 0 saturated carbocycles. The average Bonchev–Trinajstić information content (AvgIpc) is 3.53. The normalized spacial score (nSPS) is 14.0. The summed E-state index contributed by atoms with van der Waals surface area (Å²) in [6, 6.07) is 14.2. The van der Waals surface area contributed by atoms with Crippen LogP contribution in [0, 0.1) is 11.3 Å². The minimum atomic E-state index is 0.613. The molecule has 162 valence electrons. The first-order chi connectivity index (χ1) is 16.3. The van der Waals surface area contributed by atoms with Crippen molar-refractivity contribution in [3.05, 3.63) is 66.7 Å². The number of nitrogens with one attached hydrogen (secondary N) is 2. The number of hydrogen-bond donors (Lipinski definition) is 2. The van der Waals surface area contributed by atoms with E-state index in [-0.39, 0.29) is 0 Å². The van der Waals surface area contributed by atoms with Crippen molar-refractivity contribution in [1.29, 1.82) is 5.26 Å². The van der Waals surface area contributed by atoms with Gasteiger partial charge < -0.3 is 19.4 Å². The van der Waals surface area contributed by atoms with E-state index in [0.717, 1.165) is 46.6 Å². The number of aromatic amines is 1. The summed E-state index contributed by atoms with van der Waals surface area (Å²) in [6.07, 6.45) is 7.38. The number of imidazole rings is 1. The lowest BCUT2D eigenvalue weighted by Gasteiger charge is -2.29. The van der Waals surface area contributed by atoms with Crippen LogP contribution in [0.4, 0.5) is 17.2 Å². The highest BCUT2D eigenvalue weighted by molar-refractivity contribution is 5.84. The third kappa shape index (κ3) is 3.52. The van der Waals surface area contributed by atoms with Crippen molar-refractivity contribution in [1.82, 2.24) is 24.6 Å². The molecular formula is C24H20N8O. The molecule has 0 radical (unpaired) electrons. The molecule has 1 aliphatic heterocycles. The van der Waals surface area contributed by atoms with Gasteiger partial charge in [0.1, 0.15) is 6.07 Å². The molecular weight excluding hydrogens is 416 g/mol. The second-order valence-electron chi connectivity index (χ2n) is 7.87. The molecule has 0 aliphatic carbocycles. The SMILES string of the molecule is N#Cc1cc(Nc2nc(-c3ccc4cn[nH]c4c3)cn3ccnc23)ccc1N1CCOCC1. The lowest BCUT2D eigenvalue weighted by Crippen LogP contribution is -2.36. The third-order valence-corrected chi connectivity index (χ3v) is 5.84. The zero-order chi connectivity index (χ0) is 22.2. The summed E-state index contributed by atoms with van der Waals surface area (Å²) in [5, 5.41) is 21.3. The number of hydrogen-bond acceptors (Lipinski definition) is 7. The van der Waals surface area contributed by atoms with E-state index >= 15 is 0 Å². The number of H-pyrrole nitrogens is 1. The Bertz CT molecular complexity index is 1510. The van der Waals surface area contributed by atoms with Gasteiger partial charge in [-0.05, 0) is 24.3 Å². The molecule has 1 fully saturated rings. The van der Waals surface area contributed by atoms with Gasteiger partial charge in [0.05, 0.1) is 41.9 Å². The second kappa shape index (κ2) is 7.93. The molecule has 5 aromatic rings. The van der Waals surface area contributed by atoms with Crippen LogP contribution in [0.1, 0.15) is 5.56 Å². The maximum atomic E-state index is 9.76. The molecule has 9 nitrogen and oxygen atoms in total. The largest absolute Gasteiger partial charge is 0.378 e. The standard InChI is InChI=1S/C24H20N8O/c25-13-18-11-19(3-4-22(18)31-7-9-33-10-8-31)28-23-24-26-5-6-32(24)15-21(29-23)16-1-2-17-14-27-30-20(17)12-16/h1-6,11-12,14-15H,7-10H2,(H,27,30)(H,28,29). The van der Waals surface area contributed by atoms with Gasteiger partial charge in [0.15, 0.2) is 11.5 Å². The van der Waals surface area contributed by atoms with Gasteiger partial charge in [0.2, 0.25) is 0 Å². The van der Waals surface area contributed by atoms with Crippen molar-refractivity contribution in [2.24, 2.45) is 0 Å². The second-order valence-corrected chi connectivity index (χ2v) is 7.87. The molecule has 0 unspecified atom stereocenters. The zero-order valence-corrected chi connectivity index (χ0v) is 17.7. The van der Waals surface area contributed by atoms with Crippen molar-refractivity contribution in [2.45, 2.75) is 0 Å². The Morgan fingerprint density at radius 3 is 2.91 bits per heavy atom. The van der Waals surface area contributed by atoms with E-state index in [0.29, 0.717) is 30.2 Å². The van der Waals surface area contributed by atoms with E-state index in [1.165, 1.54) is 0 Å². The maximum Gasteiger partial charge on any atom is 0.180 e. The van der Waals surface area contributed by atoms with Gasteiger partial charge >= 0.3 is 0 Å². The van der Waals surface area contributed by atoms with Crippen molar-refractivity contribution >= 4 is 33.7 Å². The molecule has 0 atom stereocenters. The number of morpholine rings is 1. The number of anilines is 3. The minimum absolute atomic E-state index is 0.613. The van der Waals surface area contributed by atoms with Crippen LogP contribution in [0.3, 0.4) is 0 Å². The summed E-state index contributed by atoms with van der Waals surface area (Å²) in [5.41, 5.74) is 5.73. The van der Waals surface area contributed by atoms with Gasteiger partial charge in [-0.15, -0.1) is 0 Å². The topological polar surface area (TPSA) is 107 Å². The number of nitriles is 1. The van der Waals surface area contributed by atoms with Crippen LogP contribution >= 0.6 is 0 Å². The predicted octanol–water partition coefficient (Wildman–Crippen LogP) is 3.72. The number of aromatic nitrogens is 5. The first kappa shape index (κ1) is 19.3. The van der Waals surface area contributed by atoms with Crippen LogP contribution in [0.15, 0.2) is 61.2 Å². The van der Waals surface area contributed by atoms with Crippen LogP contribution in [0.25, 0.3) is 27.8 Å². The van der Waals surface area contributed by atoms with Crippen LogP contribution in [-0.4, -0.2) is 50.9 Å². The van der Waals surface area contributed by atoms with Crippen LogP contribution in [0.2, 0.25) is 0 Å². The highest BCUT2D eigenvalue weighted by Crippen LogP contribution is 2.29. The Hall–Kier alpha value is -4.42. The van der Waals surface area contributed by atoms with Gasteiger partial charge in [0.25, 0.3) is 0 Å². The molecule has 6 rings (SSSR count). The summed E-state index contributed by atoms with van der Waals surface area (Å²) >= 11 is 0. The van der Waals surface area contributed by atoms with Crippen molar-refractivity contribution < 1.29 is 4.74 Å². The number of rotatable bonds is 4. The van der Waals surface area contributed by atoms with Gasteiger partial charge in [-0.25, -0.2) is 9.97 Å². The van der Waals surface area contributed by atoms with Gasteiger partial charge in [0, 0.05) is 48.3 Å². The maximum absolute atomic E-state index is 9.76. The molecule has 1 saturated heterocycles. The zero-order valence-electron chi connectivity index (χ0n) is 17.7. The van der Waals surface area contributed by atoms with Gasteiger partial charge in [-0.2, -0.15) is 10.4 Å². The number of ether oxygens (including phenoxy) is 1. The molecule has 0 bridgehead atoms. The Kier molecular flexibility index (Phi) is 4.63. The van der Waals surface area contributed by atoms with E-state index in [1.807, 2.05) is 53.2 Å². The van der Waals surface area contributed by atoms with Gasteiger partial charge in [-0.1, -0.05) is 12.1 Å². The third-order valence-electron chi connectivity index (χ3n) is 5.84. The Morgan fingerprint density at radius 1 is 1.12 bits per heavy atom. The Balaban J connectivity index is 1.38. The van der Waals surface area contributed by atoms with Crippen LogP contribution in [-0.2, 0) is 4.74 Å². The average molecular weight is 436 g/mol. The summed E-state index contributed by atoms with van der Waals surface area (Å²) in [7, 11) is 0. The van der Waals surface area contributed by atoms with E-state index in [1.54, 1.807) is 12.4 Å². The van der Waals surface area contributed by atoms with Crippen molar-refractivity contribution in [3.63, 3.8) is 0 Å². The molecule has 2 aromatic carbocycles. The quantitative estimate of drug-likeness (QED) is 0.442. The van der Waals surface area contributed by atoms with E-state index in [9.17, 15) is 5.26 Å². The fourth-order valence-electron chi connectivity index (χ4n) is 4.17. The van der Waals surface area contributed by atoms with E-state index in [2.05, 4.69) is 31.5 Å². The smallest absolute Gasteiger partial charge is 0.180 e. The summed E-state index contributed by atoms with van der Waals surface area (Å²) in [4.78, 5) is 11.5. The number of benzene rings is 2. The first-order valence-corrected chi connectivity index (χ1v) is 10.7. The van der Waals surface area contributed by atoms with E-state index in [4.69, 9.17) is 9.72 Å². The fourth-order valence-corrected chi connectivity index (χ4v) is 4.17. The molecule has 4 heterocycles. The Morgan fingerprint density at radius 2 is 2.03 bits per heavy atom. The molecule has 1 aliphatic rings. The van der Waals surface area contributed by atoms with E-state index < -0.39 is 0 Å².